The van der Waals surface area contributed by atoms with Gasteiger partial charge in [0, 0.05) is 18.8 Å². The highest BCUT2D eigenvalue weighted by Crippen LogP contribution is 2.36. The zero-order valence-corrected chi connectivity index (χ0v) is 27.0. The largest absolute Gasteiger partial charge is 0.465 e. The molecular weight excluding hydrogens is 569 g/mol. The molecule has 224 valence electrons. The van der Waals surface area contributed by atoms with Gasteiger partial charge in [-0.2, -0.15) is 5.26 Å². The molecule has 2 aromatic carbocycles. The number of carbonyl (C=O) groups is 2. The smallest absolute Gasteiger partial charge is 0.407 e. The number of amides is 2. The molecule has 2 heterocycles. The number of carboxylic acid groups (broad SMARTS) is 1. The number of rotatable bonds is 8. The van der Waals surface area contributed by atoms with E-state index in [0.717, 1.165) is 27.8 Å². The lowest BCUT2D eigenvalue weighted by molar-refractivity contribution is -0.124. The van der Waals surface area contributed by atoms with Crippen LogP contribution in [0.4, 0.5) is 10.5 Å². The fraction of sp³-hybridized carbons (Fsp3) is 0.484. The van der Waals surface area contributed by atoms with Crippen LogP contribution in [-0.2, 0) is 15.8 Å². The van der Waals surface area contributed by atoms with E-state index in [0.29, 0.717) is 38.2 Å². The second kappa shape index (κ2) is 12.4. The average Bonchev–Trinajstić information content (AvgIpc) is 3.26. The van der Waals surface area contributed by atoms with Crippen LogP contribution in [0.15, 0.2) is 47.3 Å². The first kappa shape index (κ1) is 31.5. The zero-order valence-electron chi connectivity index (χ0n) is 25.2. The van der Waals surface area contributed by atoms with Crippen molar-refractivity contribution in [1.82, 2.24) is 9.47 Å². The number of benzene rings is 2. The van der Waals surface area contributed by atoms with E-state index in [1.54, 1.807) is 23.6 Å². The average molecular weight is 609 g/mol. The first-order chi connectivity index (χ1) is 19.7. The highest BCUT2D eigenvalue weighted by Gasteiger charge is 2.38. The van der Waals surface area contributed by atoms with Crippen LogP contribution in [0.2, 0.25) is 18.1 Å². The van der Waals surface area contributed by atoms with Crippen LogP contribution >= 0.6 is 11.3 Å². The molecular formula is C31H40N4O5SSi. The molecule has 2 amide bonds. The molecule has 4 rings (SSSR count). The molecule has 11 heteroatoms. The molecule has 0 bridgehead atoms. The van der Waals surface area contributed by atoms with Crippen LogP contribution in [0.3, 0.4) is 0 Å². The third-order valence-electron chi connectivity index (χ3n) is 8.58. The number of hydrogen-bond donors (Lipinski definition) is 1. The Bertz CT molecular complexity index is 1550. The molecule has 0 aliphatic carbocycles. The number of thiazole rings is 1. The number of aromatic nitrogens is 1. The van der Waals surface area contributed by atoms with Crippen molar-refractivity contribution < 1.29 is 19.1 Å². The van der Waals surface area contributed by atoms with Gasteiger partial charge < -0.3 is 9.53 Å². The highest BCUT2D eigenvalue weighted by atomic mass is 32.1. The van der Waals surface area contributed by atoms with Crippen LogP contribution in [0.25, 0.3) is 21.3 Å². The molecule has 0 spiro atoms. The van der Waals surface area contributed by atoms with Crippen molar-refractivity contribution in [2.24, 2.45) is 0 Å². The summed E-state index contributed by atoms with van der Waals surface area (Å²) >= 11 is 1.21. The molecule has 2 atom stereocenters. The summed E-state index contributed by atoms with van der Waals surface area (Å²) in [4.78, 5) is 40.7. The summed E-state index contributed by atoms with van der Waals surface area (Å²) < 4.78 is 8.96. The molecule has 9 nitrogen and oxygen atoms in total. The third kappa shape index (κ3) is 6.46. The summed E-state index contributed by atoms with van der Waals surface area (Å²) in [7, 11) is -1.91. The molecule has 1 aliphatic rings. The normalized spacial score (nSPS) is 16.7. The summed E-state index contributed by atoms with van der Waals surface area (Å²) in [5, 5.41) is 19.4. The summed E-state index contributed by atoms with van der Waals surface area (Å²) in [5.74, 6) is -0.385. The van der Waals surface area contributed by atoms with E-state index in [1.807, 2.05) is 30.3 Å². The van der Waals surface area contributed by atoms with Gasteiger partial charge in [-0.1, -0.05) is 50.3 Å². The number of hydrogen-bond acceptors (Lipinski definition) is 6. The van der Waals surface area contributed by atoms with Gasteiger partial charge in [0.05, 0.1) is 22.9 Å². The number of anilines is 1. The molecule has 1 fully saturated rings. The first-order valence-electron chi connectivity index (χ1n) is 14.3. The molecule has 1 saturated heterocycles. The summed E-state index contributed by atoms with van der Waals surface area (Å²) in [6, 6.07) is 13.8. The van der Waals surface area contributed by atoms with E-state index in [2.05, 4.69) is 39.9 Å². The first-order valence-corrected chi connectivity index (χ1v) is 18.1. The number of likely N-dealkylation sites (tertiary alicyclic amines) is 1. The van der Waals surface area contributed by atoms with Crippen molar-refractivity contribution in [3.63, 3.8) is 0 Å². The van der Waals surface area contributed by atoms with E-state index >= 15 is 0 Å². The van der Waals surface area contributed by atoms with Crippen molar-refractivity contribution >= 4 is 47.6 Å². The Morgan fingerprint density at radius 3 is 2.45 bits per heavy atom. The number of nitrogens with zero attached hydrogens (tertiary/aromatic N) is 4. The maximum absolute atomic E-state index is 13.6. The van der Waals surface area contributed by atoms with Gasteiger partial charge in [0.2, 0.25) is 0 Å². The number of fused-ring (bicyclic) bond motifs is 1. The Labute approximate surface area is 252 Å². The predicted octanol–water partition coefficient (Wildman–Crippen LogP) is 6.53. The highest BCUT2D eigenvalue weighted by molar-refractivity contribution is 7.16. The number of carbonyl (C=O) groups excluding carboxylic acids is 1. The van der Waals surface area contributed by atoms with Crippen LogP contribution < -0.4 is 9.77 Å². The molecule has 0 radical (unpaired) electrons. The quantitative estimate of drug-likeness (QED) is 0.291. The van der Waals surface area contributed by atoms with Gasteiger partial charge in [-0.15, -0.1) is 0 Å². The molecule has 0 saturated carbocycles. The SMILES string of the molecule is CC(C#N)N(C(=O)C1CCCCN1C(=O)O)c1ccc(-c2ccc3c(c2)sc(=O)n3CCO[Si](C)(C)C(C)(C)C)cc1. The van der Waals surface area contributed by atoms with Gasteiger partial charge in [0.25, 0.3) is 5.91 Å². The van der Waals surface area contributed by atoms with Gasteiger partial charge >= 0.3 is 11.0 Å². The second-order valence-electron chi connectivity index (χ2n) is 12.4. The van der Waals surface area contributed by atoms with E-state index < -0.39 is 26.5 Å². The lowest BCUT2D eigenvalue weighted by Crippen LogP contribution is -2.54. The minimum Gasteiger partial charge on any atom is -0.465 e. The lowest BCUT2D eigenvalue weighted by Gasteiger charge is -2.37. The summed E-state index contributed by atoms with van der Waals surface area (Å²) in [6.45, 7) is 13.9. The van der Waals surface area contributed by atoms with Crippen molar-refractivity contribution in [3.05, 3.63) is 52.1 Å². The minimum atomic E-state index is -1.91. The monoisotopic (exact) mass is 608 g/mol. The molecule has 1 N–H and O–H groups in total. The molecule has 2 unspecified atom stereocenters. The fourth-order valence-corrected chi connectivity index (χ4v) is 7.05. The predicted molar refractivity (Wildman–Crippen MR) is 170 cm³/mol. The van der Waals surface area contributed by atoms with Crippen LogP contribution in [0.5, 0.6) is 0 Å². The Morgan fingerprint density at radius 2 is 1.83 bits per heavy atom. The van der Waals surface area contributed by atoms with Gasteiger partial charge in [-0.25, -0.2) is 4.79 Å². The molecule has 1 aromatic heterocycles. The van der Waals surface area contributed by atoms with Crippen LogP contribution in [-0.4, -0.2) is 60.1 Å². The van der Waals surface area contributed by atoms with E-state index in [-0.39, 0.29) is 15.8 Å². The Morgan fingerprint density at radius 1 is 1.17 bits per heavy atom. The topological polar surface area (TPSA) is 116 Å². The van der Waals surface area contributed by atoms with Gasteiger partial charge in [0.1, 0.15) is 12.1 Å². The van der Waals surface area contributed by atoms with Crippen LogP contribution in [0.1, 0.15) is 47.0 Å². The van der Waals surface area contributed by atoms with E-state index in [4.69, 9.17) is 4.43 Å². The van der Waals surface area contributed by atoms with Crippen LogP contribution in [0, 0.1) is 11.3 Å². The van der Waals surface area contributed by atoms with Gasteiger partial charge in [-0.3, -0.25) is 24.0 Å². The lowest BCUT2D eigenvalue weighted by atomic mass is 10.00. The van der Waals surface area contributed by atoms with E-state index in [1.165, 1.54) is 21.1 Å². The van der Waals surface area contributed by atoms with Crippen molar-refractivity contribution in [2.75, 3.05) is 18.1 Å². The maximum atomic E-state index is 13.6. The molecule has 42 heavy (non-hydrogen) atoms. The summed E-state index contributed by atoms with van der Waals surface area (Å²) in [5.41, 5.74) is 3.23. The van der Waals surface area contributed by atoms with Crippen molar-refractivity contribution in [2.45, 2.75) is 83.7 Å². The Balaban J connectivity index is 1.55. The van der Waals surface area contributed by atoms with Crippen molar-refractivity contribution in [1.29, 1.82) is 5.26 Å². The zero-order chi connectivity index (χ0) is 30.8. The number of piperidine rings is 1. The van der Waals surface area contributed by atoms with Gasteiger partial charge in [-0.05, 0) is 79.7 Å². The second-order valence-corrected chi connectivity index (χ2v) is 18.2. The van der Waals surface area contributed by atoms with E-state index in [9.17, 15) is 24.8 Å². The summed E-state index contributed by atoms with van der Waals surface area (Å²) in [6.07, 6.45) is 0.783. The standard InChI is InChI=1S/C31H40N4O5SSi/c1-21(20-32)35(28(36)26-9-7-8-16-33(26)29(37)38)24-13-10-22(11-14-24)23-12-15-25-27(19-23)41-30(39)34(25)17-18-40-42(5,6)31(2,3)4/h10-15,19,21,26H,7-9,16-18H2,1-6H3,(H,37,38). The Hall–Kier alpha value is -3.46. The van der Waals surface area contributed by atoms with Gasteiger partial charge in [0.15, 0.2) is 8.32 Å². The maximum Gasteiger partial charge on any atom is 0.407 e. The Kier molecular flexibility index (Phi) is 9.30. The molecule has 1 aliphatic heterocycles. The van der Waals surface area contributed by atoms with Crippen molar-refractivity contribution in [3.8, 4) is 17.2 Å². The third-order valence-corrected chi connectivity index (χ3v) is 14.1. The minimum absolute atomic E-state index is 0.0194. The number of nitriles is 1. The fourth-order valence-electron chi connectivity index (χ4n) is 5.06. The molecule has 3 aromatic rings.